The minimum atomic E-state index is -0.144. The molecule has 2 aliphatic rings. The molecule has 7 heteroatoms. The smallest absolute Gasteiger partial charge is 0.252 e. The molecule has 0 aliphatic carbocycles. The molecule has 11 aromatic carbocycles. The van der Waals surface area contributed by atoms with Crippen LogP contribution in [0.25, 0.3) is 111 Å². The maximum atomic E-state index is 6.32. The first-order valence-corrected chi connectivity index (χ1v) is 27.8. The van der Waals surface area contributed by atoms with E-state index in [9.17, 15) is 0 Å². The first kappa shape index (κ1) is 46.2. The van der Waals surface area contributed by atoms with Crippen molar-refractivity contribution in [2.75, 3.05) is 9.80 Å². The number of rotatable bonds is 8. The molecule has 0 unspecified atom stereocenters. The first-order chi connectivity index (χ1) is 40.5. The van der Waals surface area contributed by atoms with E-state index >= 15 is 0 Å². The molecule has 0 N–H and O–H groups in total. The molecular weight excluding hydrogens is 1000 g/mol. The van der Waals surface area contributed by atoms with Crippen molar-refractivity contribution in [3.05, 3.63) is 273 Å². The highest BCUT2D eigenvalue weighted by molar-refractivity contribution is 7.00. The summed E-state index contributed by atoms with van der Waals surface area (Å²) in [6, 6.07) is 87.7. The van der Waals surface area contributed by atoms with Crippen LogP contribution in [0.4, 0.5) is 34.1 Å². The van der Waals surface area contributed by atoms with Crippen LogP contribution in [0.1, 0.15) is 5.56 Å². The molecule has 0 amide bonds. The molecule has 0 bridgehead atoms. The van der Waals surface area contributed by atoms with Crippen LogP contribution in [0.5, 0.6) is 0 Å². The number of para-hydroxylation sites is 4. The second-order valence-electron chi connectivity index (χ2n) is 21.7. The van der Waals surface area contributed by atoms with Gasteiger partial charge in [0.15, 0.2) is 0 Å². The van der Waals surface area contributed by atoms with E-state index in [2.05, 4.69) is 211 Å². The SMILES string of the molecule is Cc1cc2c3c(c1)N(c1cc(-c4coc5ccccc45)cc(-c4coc5ccccc45)c1)c1cc(-c4ccccc4)ccc1B3c1ccc(-c3ccccc3)cc1N2c1cc(-c2coc3ccccc23)cc(-c2coc3ccccc23)c1. The highest BCUT2D eigenvalue weighted by Crippen LogP contribution is 2.50. The molecule has 0 fully saturated rings. The molecule has 6 nitrogen and oxygen atoms in total. The lowest BCUT2D eigenvalue weighted by Crippen LogP contribution is -2.61. The Morgan fingerprint density at radius 2 is 0.610 bits per heavy atom. The van der Waals surface area contributed by atoms with Gasteiger partial charge in [0.25, 0.3) is 6.71 Å². The van der Waals surface area contributed by atoms with E-state index in [0.717, 1.165) is 150 Å². The van der Waals surface area contributed by atoms with Gasteiger partial charge in [-0.05, 0) is 158 Å². The van der Waals surface area contributed by atoms with Crippen molar-refractivity contribution in [2.24, 2.45) is 0 Å². The van der Waals surface area contributed by atoms with Crippen LogP contribution in [0.15, 0.2) is 285 Å². The fourth-order valence-corrected chi connectivity index (χ4v) is 13.2. The van der Waals surface area contributed by atoms with Gasteiger partial charge >= 0.3 is 0 Å². The molecule has 0 radical (unpaired) electrons. The van der Waals surface area contributed by atoms with Crippen LogP contribution in [0.2, 0.25) is 0 Å². The minimum absolute atomic E-state index is 0.144. The Bertz CT molecular complexity index is 4550. The third-order valence-corrected chi connectivity index (χ3v) is 16.9. The summed E-state index contributed by atoms with van der Waals surface area (Å²) in [6.45, 7) is 2.09. The second kappa shape index (κ2) is 18.1. The van der Waals surface area contributed by atoms with Crippen molar-refractivity contribution in [1.29, 1.82) is 0 Å². The van der Waals surface area contributed by atoms with Crippen molar-refractivity contribution in [3.63, 3.8) is 0 Å². The molecule has 6 heterocycles. The quantitative estimate of drug-likeness (QED) is 0.141. The summed E-state index contributed by atoms with van der Waals surface area (Å²) in [5.74, 6) is 0. The van der Waals surface area contributed by atoms with Gasteiger partial charge in [0.2, 0.25) is 0 Å². The molecule has 0 saturated carbocycles. The number of aryl methyl sites for hydroxylation is 1. The van der Waals surface area contributed by atoms with E-state index in [4.69, 9.17) is 17.7 Å². The second-order valence-corrected chi connectivity index (χ2v) is 21.7. The maximum absolute atomic E-state index is 6.32. The largest absolute Gasteiger partial charge is 0.464 e. The van der Waals surface area contributed by atoms with Crippen LogP contribution < -0.4 is 26.2 Å². The monoisotopic (exact) mass is 1050 g/mol. The van der Waals surface area contributed by atoms with E-state index < -0.39 is 0 Å². The zero-order chi connectivity index (χ0) is 54.0. The van der Waals surface area contributed by atoms with Crippen molar-refractivity contribution < 1.29 is 17.7 Å². The Hall–Kier alpha value is -10.8. The van der Waals surface area contributed by atoms with Gasteiger partial charge in [-0.1, -0.05) is 158 Å². The number of hydrogen-bond donors (Lipinski definition) is 0. The summed E-state index contributed by atoms with van der Waals surface area (Å²) < 4.78 is 25.3. The summed E-state index contributed by atoms with van der Waals surface area (Å²) >= 11 is 0. The molecule has 384 valence electrons. The highest BCUT2D eigenvalue weighted by Gasteiger charge is 2.44. The molecule has 0 atom stereocenters. The average Bonchev–Trinajstić information content (AvgIpc) is 3.70. The maximum Gasteiger partial charge on any atom is 0.252 e. The van der Waals surface area contributed by atoms with Crippen LogP contribution >= 0.6 is 0 Å². The zero-order valence-corrected chi connectivity index (χ0v) is 44.5. The van der Waals surface area contributed by atoms with Crippen molar-refractivity contribution in [2.45, 2.75) is 6.92 Å². The van der Waals surface area contributed by atoms with Gasteiger partial charge in [0.05, 0.1) is 25.1 Å². The van der Waals surface area contributed by atoms with Crippen molar-refractivity contribution in [1.82, 2.24) is 0 Å². The van der Waals surface area contributed by atoms with Gasteiger partial charge in [-0.15, -0.1) is 0 Å². The lowest BCUT2D eigenvalue weighted by molar-refractivity contribution is 0.616. The Morgan fingerprint density at radius 3 is 0.963 bits per heavy atom. The van der Waals surface area contributed by atoms with Crippen LogP contribution in [-0.4, -0.2) is 6.71 Å². The zero-order valence-electron chi connectivity index (χ0n) is 44.5. The molecule has 4 aromatic heterocycles. The Kier molecular flexibility index (Phi) is 10.2. The van der Waals surface area contributed by atoms with Gasteiger partial charge in [-0.25, -0.2) is 0 Å². The fraction of sp³-hybridized carbons (Fsp3) is 0.0133. The van der Waals surface area contributed by atoms with E-state index in [1.165, 1.54) is 16.4 Å². The van der Waals surface area contributed by atoms with E-state index in [1.54, 1.807) is 0 Å². The average molecular weight is 1050 g/mol. The molecule has 2 aliphatic heterocycles. The topological polar surface area (TPSA) is 59.0 Å². The number of hydrogen-bond acceptors (Lipinski definition) is 6. The Balaban J connectivity index is 0.966. The predicted molar refractivity (Wildman–Crippen MR) is 337 cm³/mol. The van der Waals surface area contributed by atoms with E-state index in [0.29, 0.717) is 0 Å². The number of furan rings is 4. The molecule has 0 spiro atoms. The molecule has 0 saturated heterocycles. The molecule has 17 rings (SSSR count). The lowest BCUT2D eigenvalue weighted by atomic mass is 9.33. The standard InChI is InChI=1S/C75H47BN2O4/c1-46-32-69-75-70(33-46)78(56-38-53(63-44-81-73-26-14-10-22-59(63)73)35-54(39-56)64-45-82-74-27-15-11-23-60(64)74)68-41-50(48-18-6-3-7-19-48)29-31-66(68)76(75)65-30-28-49(47-16-4-2-5-17-47)40-67(65)77(69)55-36-51(61-42-79-71-24-12-8-20-57(61)71)34-52(37-55)62-43-80-72-25-13-9-21-58(62)72/h2-45H,1H3. The summed E-state index contributed by atoms with van der Waals surface area (Å²) in [6.07, 6.45) is 7.62. The minimum Gasteiger partial charge on any atom is -0.464 e. The van der Waals surface area contributed by atoms with E-state index in [1.807, 2.05) is 73.6 Å². The number of anilines is 6. The normalized spacial score (nSPS) is 12.6. The van der Waals surface area contributed by atoms with Gasteiger partial charge in [0.1, 0.15) is 22.3 Å². The Labute approximate surface area is 473 Å². The van der Waals surface area contributed by atoms with Crippen molar-refractivity contribution in [3.8, 4) is 66.8 Å². The van der Waals surface area contributed by atoms with Crippen LogP contribution in [-0.2, 0) is 0 Å². The van der Waals surface area contributed by atoms with Gasteiger partial charge < -0.3 is 27.5 Å². The molecule has 82 heavy (non-hydrogen) atoms. The van der Waals surface area contributed by atoms with Crippen LogP contribution in [0, 0.1) is 6.92 Å². The van der Waals surface area contributed by atoms with E-state index in [-0.39, 0.29) is 6.71 Å². The third-order valence-electron chi connectivity index (χ3n) is 16.9. The number of fused-ring (bicyclic) bond motifs is 8. The summed E-state index contributed by atoms with van der Waals surface area (Å²) in [5, 5.41) is 4.21. The summed E-state index contributed by atoms with van der Waals surface area (Å²) in [7, 11) is 0. The van der Waals surface area contributed by atoms with Gasteiger partial charge in [-0.3, -0.25) is 0 Å². The number of nitrogens with zero attached hydrogens (tertiary/aromatic N) is 2. The first-order valence-electron chi connectivity index (χ1n) is 27.8. The molecule has 15 aromatic rings. The third kappa shape index (κ3) is 7.23. The highest BCUT2D eigenvalue weighted by atomic mass is 16.3. The van der Waals surface area contributed by atoms with Crippen molar-refractivity contribution >= 4 is 101 Å². The Morgan fingerprint density at radius 1 is 0.280 bits per heavy atom. The number of benzene rings is 11. The summed E-state index contributed by atoms with van der Waals surface area (Å²) in [5.41, 5.74) is 27.4. The fourth-order valence-electron chi connectivity index (χ4n) is 13.2. The predicted octanol–water partition coefficient (Wildman–Crippen LogP) is 19.1. The van der Waals surface area contributed by atoms with Gasteiger partial charge in [-0.2, -0.15) is 0 Å². The summed E-state index contributed by atoms with van der Waals surface area (Å²) in [4.78, 5) is 5.06. The van der Waals surface area contributed by atoms with Crippen LogP contribution in [0.3, 0.4) is 0 Å². The molecular formula is C75H47BN2O4. The lowest BCUT2D eigenvalue weighted by Gasteiger charge is -2.45. The van der Waals surface area contributed by atoms with Gasteiger partial charge in [0, 0.05) is 77.9 Å².